The summed E-state index contributed by atoms with van der Waals surface area (Å²) in [5.74, 6) is 5.59. The molecule has 1 aromatic carbocycles. The molecule has 0 fully saturated rings. The van der Waals surface area contributed by atoms with Crippen LogP contribution in [-0.4, -0.2) is 31.9 Å². The number of hydrazine groups is 1. The quantitative estimate of drug-likeness (QED) is 0.263. The maximum Gasteiger partial charge on any atom is 0.233 e. The highest BCUT2D eigenvalue weighted by Crippen LogP contribution is 2.18. The van der Waals surface area contributed by atoms with Crippen LogP contribution in [0.2, 0.25) is 0 Å². The van der Waals surface area contributed by atoms with Crippen LogP contribution in [0.1, 0.15) is 12.8 Å². The molecule has 0 aliphatic heterocycles. The molecule has 0 atom stereocenters. The fourth-order valence-electron chi connectivity index (χ4n) is 1.47. The summed E-state index contributed by atoms with van der Waals surface area (Å²) >= 11 is 1.51. The number of nitrogens with zero attached hydrogens (tertiary/aromatic N) is 4. The molecule has 0 radical (unpaired) electrons. The number of benzene rings is 1. The highest BCUT2D eigenvalue weighted by atomic mass is 32.2. The van der Waals surface area contributed by atoms with Crippen molar-refractivity contribution < 1.29 is 4.79 Å². The smallest absolute Gasteiger partial charge is 0.233 e. The molecule has 0 aliphatic carbocycles. The maximum absolute atomic E-state index is 11.0. The Bertz CT molecular complexity index is 529. The van der Waals surface area contributed by atoms with Crippen LogP contribution in [0.3, 0.4) is 0 Å². The van der Waals surface area contributed by atoms with E-state index in [4.69, 9.17) is 5.84 Å². The van der Waals surface area contributed by atoms with Gasteiger partial charge in [0.05, 0.1) is 5.69 Å². The van der Waals surface area contributed by atoms with Gasteiger partial charge in [-0.15, -0.1) is 5.10 Å². The predicted octanol–water partition coefficient (Wildman–Crippen LogP) is 0.524. The summed E-state index contributed by atoms with van der Waals surface area (Å²) in [5, 5.41) is 12.3. The molecule has 0 bridgehead atoms. The standard InChI is InChI=1S/C11H14N6OS/c12-13-10(18)7-4-8-19-11-14-15-16-17(11)9-5-2-1-3-6-9/h1-3,5-6H,4,7-8,12H2,(H,13,18). The number of aromatic nitrogens is 4. The fourth-order valence-corrected chi connectivity index (χ4v) is 2.30. The van der Waals surface area contributed by atoms with Gasteiger partial charge in [0.25, 0.3) is 0 Å². The number of thioether (sulfide) groups is 1. The van der Waals surface area contributed by atoms with Crippen LogP contribution >= 0.6 is 11.8 Å². The minimum Gasteiger partial charge on any atom is -0.294 e. The lowest BCUT2D eigenvalue weighted by Crippen LogP contribution is -2.29. The number of tetrazole rings is 1. The minimum absolute atomic E-state index is 0.164. The van der Waals surface area contributed by atoms with E-state index in [1.165, 1.54) is 11.8 Å². The van der Waals surface area contributed by atoms with Gasteiger partial charge in [0.1, 0.15) is 0 Å². The molecule has 2 rings (SSSR count). The van der Waals surface area contributed by atoms with E-state index < -0.39 is 0 Å². The second-order valence-corrected chi connectivity index (χ2v) is 4.79. The second-order valence-electron chi connectivity index (χ2n) is 3.73. The number of nitrogens with two attached hydrogens (primary N) is 1. The maximum atomic E-state index is 11.0. The van der Waals surface area contributed by atoms with Gasteiger partial charge in [-0.1, -0.05) is 30.0 Å². The average Bonchev–Trinajstić information content (AvgIpc) is 2.92. The first kappa shape index (κ1) is 13.5. The van der Waals surface area contributed by atoms with Crippen LogP contribution < -0.4 is 11.3 Å². The summed E-state index contributed by atoms with van der Waals surface area (Å²) in [6.07, 6.45) is 1.12. The number of hydrogen-bond acceptors (Lipinski definition) is 6. The van der Waals surface area contributed by atoms with Gasteiger partial charge >= 0.3 is 0 Å². The fraction of sp³-hybridized carbons (Fsp3) is 0.273. The molecule has 100 valence electrons. The Labute approximate surface area is 114 Å². The molecule has 1 heterocycles. The van der Waals surface area contributed by atoms with Crippen molar-refractivity contribution in [2.45, 2.75) is 18.0 Å². The molecule has 0 aliphatic rings. The van der Waals surface area contributed by atoms with Gasteiger partial charge in [-0.3, -0.25) is 10.2 Å². The van der Waals surface area contributed by atoms with E-state index in [0.717, 1.165) is 17.9 Å². The largest absolute Gasteiger partial charge is 0.294 e. The zero-order chi connectivity index (χ0) is 13.5. The normalized spacial score (nSPS) is 10.4. The van der Waals surface area contributed by atoms with Crippen molar-refractivity contribution in [1.29, 1.82) is 0 Å². The van der Waals surface area contributed by atoms with E-state index in [9.17, 15) is 4.79 Å². The molecular formula is C11H14N6OS. The molecule has 8 heteroatoms. The molecule has 19 heavy (non-hydrogen) atoms. The Balaban J connectivity index is 1.92. The molecule has 0 unspecified atom stereocenters. The second kappa shape index (κ2) is 6.86. The van der Waals surface area contributed by atoms with Gasteiger partial charge in [-0.05, 0) is 29.0 Å². The lowest BCUT2D eigenvalue weighted by molar-refractivity contribution is -0.121. The number of carbonyl (C=O) groups is 1. The molecule has 3 N–H and O–H groups in total. The van der Waals surface area contributed by atoms with Crippen LogP contribution in [0.15, 0.2) is 35.5 Å². The third-order valence-corrected chi connectivity index (χ3v) is 3.39. The van der Waals surface area contributed by atoms with E-state index in [-0.39, 0.29) is 5.91 Å². The first-order chi connectivity index (χ1) is 9.31. The Morgan fingerprint density at radius 3 is 2.89 bits per heavy atom. The van der Waals surface area contributed by atoms with Gasteiger partial charge in [-0.25, -0.2) is 5.84 Å². The first-order valence-corrected chi connectivity index (χ1v) is 6.76. The Hall–Kier alpha value is -1.93. The summed E-state index contributed by atoms with van der Waals surface area (Å²) in [5.41, 5.74) is 3.01. The molecule has 1 aromatic heterocycles. The number of hydrogen-bond donors (Lipinski definition) is 2. The number of carbonyl (C=O) groups excluding carboxylic acids is 1. The summed E-state index contributed by atoms with van der Waals surface area (Å²) in [4.78, 5) is 11.0. The molecule has 0 spiro atoms. The molecule has 7 nitrogen and oxygen atoms in total. The Morgan fingerprint density at radius 2 is 2.16 bits per heavy atom. The lowest BCUT2D eigenvalue weighted by atomic mass is 10.3. The first-order valence-electron chi connectivity index (χ1n) is 5.77. The number of para-hydroxylation sites is 1. The third kappa shape index (κ3) is 3.76. The monoisotopic (exact) mass is 278 g/mol. The van der Waals surface area contributed by atoms with Crippen LogP contribution in [0.25, 0.3) is 5.69 Å². The SMILES string of the molecule is NNC(=O)CCCSc1nnnn1-c1ccccc1. The average molecular weight is 278 g/mol. The molecule has 2 aromatic rings. The zero-order valence-electron chi connectivity index (χ0n) is 10.2. The van der Waals surface area contributed by atoms with E-state index in [2.05, 4.69) is 21.0 Å². The molecular weight excluding hydrogens is 264 g/mol. The predicted molar refractivity (Wildman–Crippen MR) is 71.4 cm³/mol. The van der Waals surface area contributed by atoms with Crippen molar-refractivity contribution in [1.82, 2.24) is 25.6 Å². The van der Waals surface area contributed by atoms with Crippen molar-refractivity contribution in [2.24, 2.45) is 5.84 Å². The van der Waals surface area contributed by atoms with Crippen molar-refractivity contribution in [3.63, 3.8) is 0 Å². The summed E-state index contributed by atoms with van der Waals surface area (Å²) in [7, 11) is 0. The van der Waals surface area contributed by atoms with Crippen LogP contribution in [0.5, 0.6) is 0 Å². The van der Waals surface area contributed by atoms with Gasteiger partial charge in [0, 0.05) is 12.2 Å². The van der Waals surface area contributed by atoms with E-state index >= 15 is 0 Å². The molecule has 0 saturated carbocycles. The summed E-state index contributed by atoms with van der Waals surface area (Å²) < 4.78 is 1.67. The summed E-state index contributed by atoms with van der Waals surface area (Å²) in [6.45, 7) is 0. The molecule has 0 saturated heterocycles. The van der Waals surface area contributed by atoms with E-state index in [1.54, 1.807) is 4.68 Å². The van der Waals surface area contributed by atoms with Crippen molar-refractivity contribution in [3.8, 4) is 5.69 Å². The summed E-state index contributed by atoms with van der Waals surface area (Å²) in [6, 6.07) is 9.66. The van der Waals surface area contributed by atoms with Crippen LogP contribution in [0, 0.1) is 0 Å². The minimum atomic E-state index is -0.164. The van der Waals surface area contributed by atoms with Gasteiger partial charge in [0.15, 0.2) is 0 Å². The molecule has 1 amide bonds. The van der Waals surface area contributed by atoms with Gasteiger partial charge in [0.2, 0.25) is 11.1 Å². The van der Waals surface area contributed by atoms with E-state index in [1.807, 2.05) is 30.3 Å². The van der Waals surface area contributed by atoms with Gasteiger partial charge < -0.3 is 0 Å². The van der Waals surface area contributed by atoms with Crippen LogP contribution in [0.4, 0.5) is 0 Å². The van der Waals surface area contributed by atoms with Gasteiger partial charge in [-0.2, -0.15) is 4.68 Å². The number of nitrogens with one attached hydrogen (secondary N) is 1. The Kier molecular flexibility index (Phi) is 4.87. The highest BCUT2D eigenvalue weighted by molar-refractivity contribution is 7.99. The topological polar surface area (TPSA) is 98.7 Å². The van der Waals surface area contributed by atoms with E-state index in [0.29, 0.717) is 11.6 Å². The van der Waals surface area contributed by atoms with Crippen molar-refractivity contribution in [3.05, 3.63) is 30.3 Å². The third-order valence-electron chi connectivity index (χ3n) is 2.38. The van der Waals surface area contributed by atoms with Crippen molar-refractivity contribution >= 4 is 17.7 Å². The highest BCUT2D eigenvalue weighted by Gasteiger charge is 2.08. The Morgan fingerprint density at radius 1 is 1.37 bits per heavy atom. The zero-order valence-corrected chi connectivity index (χ0v) is 11.0. The number of rotatable bonds is 6. The lowest BCUT2D eigenvalue weighted by Gasteiger charge is -2.03. The van der Waals surface area contributed by atoms with Crippen LogP contribution in [-0.2, 0) is 4.79 Å². The van der Waals surface area contributed by atoms with Crippen molar-refractivity contribution in [2.75, 3.05) is 5.75 Å². The number of amides is 1.